The van der Waals surface area contributed by atoms with Gasteiger partial charge in [0.2, 0.25) is 0 Å². The maximum atomic E-state index is 2.42. The number of aromatic nitrogens is 1. The van der Waals surface area contributed by atoms with Crippen molar-refractivity contribution in [3.63, 3.8) is 0 Å². The van der Waals surface area contributed by atoms with E-state index in [4.69, 9.17) is 0 Å². The van der Waals surface area contributed by atoms with E-state index in [0.717, 1.165) is 22.7 Å². The fourth-order valence-corrected chi connectivity index (χ4v) is 10.5. The third-order valence-corrected chi connectivity index (χ3v) is 13.4. The van der Waals surface area contributed by atoms with E-state index < -0.39 is 0 Å². The molecule has 1 heterocycles. The number of para-hydroxylation sites is 2. The lowest BCUT2D eigenvalue weighted by atomic mass is 9.82. The molecule has 2 nitrogen and oxygen atoms in total. The normalized spacial score (nSPS) is 12.7. The zero-order valence-corrected chi connectivity index (χ0v) is 35.3. The lowest BCUT2D eigenvalue weighted by Gasteiger charge is -2.27. The first-order valence-corrected chi connectivity index (χ1v) is 21.9. The fraction of sp³-hybridized carbons (Fsp3) is 0.0492. The van der Waals surface area contributed by atoms with Crippen LogP contribution in [0, 0.1) is 0 Å². The van der Waals surface area contributed by atoms with Crippen LogP contribution in [0.1, 0.15) is 25.0 Å². The highest BCUT2D eigenvalue weighted by molar-refractivity contribution is 6.09. The predicted octanol–water partition coefficient (Wildman–Crippen LogP) is 16.7. The zero-order chi connectivity index (χ0) is 42.1. The molecule has 12 rings (SSSR count). The SMILES string of the molecule is CC1(C)c2ccccc2-c2c(-c3cccc(N(c4ccc(-c5cccc6cccc(-c7ccccc7)c56)cc4)c4cccc(-n5c6ccccc6c6ccccc65)c4)c3)cccc21. The summed E-state index contributed by atoms with van der Waals surface area (Å²) in [6.45, 7) is 4.71. The van der Waals surface area contributed by atoms with Crippen molar-refractivity contribution < 1.29 is 0 Å². The van der Waals surface area contributed by atoms with Crippen LogP contribution in [0.3, 0.4) is 0 Å². The molecular formula is C61H44N2. The maximum Gasteiger partial charge on any atom is 0.0541 e. The molecule has 0 radical (unpaired) electrons. The monoisotopic (exact) mass is 804 g/mol. The van der Waals surface area contributed by atoms with E-state index in [9.17, 15) is 0 Å². The standard InChI is InChI=1S/C61H44N2/c1-61(2)55-31-9-6-27-54(55)60-51(30-16-32-56(60)61)44-21-12-22-46(39-44)62(47-23-15-24-48(40-47)63-57-33-10-7-25-52(57)53-26-8-11-34-58(53)63)45-37-35-42(36-38-45)50-29-14-20-43-19-13-28-49(59(43)50)41-17-4-3-5-18-41/h3-40H,1-2H3. The molecule has 1 aliphatic carbocycles. The van der Waals surface area contributed by atoms with Gasteiger partial charge in [-0.1, -0.05) is 190 Å². The largest absolute Gasteiger partial charge is 0.310 e. The van der Waals surface area contributed by atoms with E-state index in [1.165, 1.54) is 88.2 Å². The molecule has 0 spiro atoms. The first kappa shape index (κ1) is 36.9. The predicted molar refractivity (Wildman–Crippen MR) is 267 cm³/mol. The summed E-state index contributed by atoms with van der Waals surface area (Å²) in [5, 5.41) is 5.00. The van der Waals surface area contributed by atoms with Crippen molar-refractivity contribution in [1.82, 2.24) is 4.57 Å². The summed E-state index contributed by atoms with van der Waals surface area (Å²) in [6, 6.07) is 84.6. The second-order valence-corrected chi connectivity index (χ2v) is 17.3. The van der Waals surface area contributed by atoms with Gasteiger partial charge in [-0.2, -0.15) is 0 Å². The molecular weight excluding hydrogens is 761 g/mol. The fourth-order valence-electron chi connectivity index (χ4n) is 10.5. The van der Waals surface area contributed by atoms with E-state index in [-0.39, 0.29) is 5.41 Å². The highest BCUT2D eigenvalue weighted by Gasteiger charge is 2.36. The third-order valence-electron chi connectivity index (χ3n) is 13.4. The Hall–Kier alpha value is -7.94. The number of hydrogen-bond acceptors (Lipinski definition) is 1. The molecule has 2 heteroatoms. The van der Waals surface area contributed by atoms with Gasteiger partial charge in [0, 0.05) is 38.9 Å². The topological polar surface area (TPSA) is 8.17 Å². The van der Waals surface area contributed by atoms with Gasteiger partial charge < -0.3 is 9.47 Å². The van der Waals surface area contributed by atoms with Crippen LogP contribution in [-0.2, 0) is 5.41 Å². The van der Waals surface area contributed by atoms with E-state index in [0.29, 0.717) is 0 Å². The van der Waals surface area contributed by atoms with Gasteiger partial charge in [0.05, 0.1) is 11.0 Å². The summed E-state index contributed by atoms with van der Waals surface area (Å²) in [5.41, 5.74) is 19.4. The number of fused-ring (bicyclic) bond motifs is 7. The lowest BCUT2D eigenvalue weighted by molar-refractivity contribution is 0.660. The van der Waals surface area contributed by atoms with E-state index in [1.807, 2.05) is 0 Å². The second-order valence-electron chi connectivity index (χ2n) is 17.3. The summed E-state index contributed by atoms with van der Waals surface area (Å²) in [7, 11) is 0. The Balaban J connectivity index is 1.03. The van der Waals surface area contributed by atoms with Crippen molar-refractivity contribution in [2.75, 3.05) is 4.90 Å². The molecule has 1 aromatic heterocycles. The van der Waals surface area contributed by atoms with Crippen LogP contribution in [0.15, 0.2) is 231 Å². The Kier molecular flexibility index (Phi) is 8.55. The van der Waals surface area contributed by atoms with Crippen molar-refractivity contribution in [2.24, 2.45) is 0 Å². The Morgan fingerprint density at radius 2 is 0.889 bits per heavy atom. The molecule has 63 heavy (non-hydrogen) atoms. The Labute approximate surface area is 368 Å². The molecule has 0 N–H and O–H groups in total. The van der Waals surface area contributed by atoms with Crippen molar-refractivity contribution in [3.05, 3.63) is 242 Å². The van der Waals surface area contributed by atoms with Crippen molar-refractivity contribution in [2.45, 2.75) is 19.3 Å². The van der Waals surface area contributed by atoms with Gasteiger partial charge in [-0.05, 0) is 121 Å². The second kappa shape index (κ2) is 14.6. The number of rotatable bonds is 7. The minimum absolute atomic E-state index is 0.0769. The van der Waals surface area contributed by atoms with Crippen molar-refractivity contribution in [3.8, 4) is 50.2 Å². The summed E-state index contributed by atoms with van der Waals surface area (Å²) >= 11 is 0. The minimum Gasteiger partial charge on any atom is -0.310 e. The molecule has 0 fully saturated rings. The van der Waals surface area contributed by atoms with E-state index in [1.54, 1.807) is 0 Å². The molecule has 298 valence electrons. The zero-order valence-electron chi connectivity index (χ0n) is 35.3. The Bertz CT molecular complexity index is 3480. The number of benzene rings is 10. The smallest absolute Gasteiger partial charge is 0.0541 e. The molecule has 1 aliphatic rings. The first-order valence-electron chi connectivity index (χ1n) is 21.9. The molecule has 0 unspecified atom stereocenters. The van der Waals surface area contributed by atoms with Crippen LogP contribution in [0.5, 0.6) is 0 Å². The van der Waals surface area contributed by atoms with Gasteiger partial charge in [0.1, 0.15) is 0 Å². The number of hydrogen-bond donors (Lipinski definition) is 0. The number of nitrogens with zero attached hydrogens (tertiary/aromatic N) is 2. The van der Waals surface area contributed by atoms with Crippen molar-refractivity contribution in [1.29, 1.82) is 0 Å². The molecule has 0 amide bonds. The third kappa shape index (κ3) is 5.94. The quantitative estimate of drug-likeness (QED) is 0.156. The van der Waals surface area contributed by atoms with E-state index in [2.05, 4.69) is 254 Å². The van der Waals surface area contributed by atoms with Crippen LogP contribution >= 0.6 is 0 Å². The van der Waals surface area contributed by atoms with Gasteiger partial charge in [-0.25, -0.2) is 0 Å². The molecule has 0 saturated carbocycles. The average molecular weight is 805 g/mol. The molecule has 0 bridgehead atoms. The van der Waals surface area contributed by atoms with Gasteiger partial charge in [0.25, 0.3) is 0 Å². The minimum atomic E-state index is -0.0769. The van der Waals surface area contributed by atoms with E-state index >= 15 is 0 Å². The highest BCUT2D eigenvalue weighted by atomic mass is 15.1. The summed E-state index contributed by atoms with van der Waals surface area (Å²) in [4.78, 5) is 2.42. The molecule has 0 aliphatic heterocycles. The van der Waals surface area contributed by atoms with Crippen LogP contribution < -0.4 is 4.90 Å². The summed E-state index contributed by atoms with van der Waals surface area (Å²) < 4.78 is 2.41. The first-order chi connectivity index (χ1) is 31.0. The van der Waals surface area contributed by atoms with Crippen molar-refractivity contribution >= 4 is 49.6 Å². The van der Waals surface area contributed by atoms with Crippen LogP contribution in [0.4, 0.5) is 17.1 Å². The molecule has 0 atom stereocenters. The number of anilines is 3. The maximum absolute atomic E-state index is 2.42. The molecule has 0 saturated heterocycles. The van der Waals surface area contributed by atoms with Gasteiger partial charge >= 0.3 is 0 Å². The van der Waals surface area contributed by atoms with Gasteiger partial charge in [-0.3, -0.25) is 0 Å². The highest BCUT2D eigenvalue weighted by Crippen LogP contribution is 2.52. The Morgan fingerprint density at radius 3 is 1.62 bits per heavy atom. The van der Waals surface area contributed by atoms with Gasteiger partial charge in [0.15, 0.2) is 0 Å². The molecule has 10 aromatic carbocycles. The summed E-state index contributed by atoms with van der Waals surface area (Å²) in [6.07, 6.45) is 0. The van der Waals surface area contributed by atoms with Gasteiger partial charge in [-0.15, -0.1) is 0 Å². The van der Waals surface area contributed by atoms with Crippen LogP contribution in [0.25, 0.3) is 82.8 Å². The Morgan fingerprint density at radius 1 is 0.365 bits per heavy atom. The van der Waals surface area contributed by atoms with Crippen LogP contribution in [-0.4, -0.2) is 4.57 Å². The lowest BCUT2D eigenvalue weighted by Crippen LogP contribution is -2.14. The average Bonchev–Trinajstić information content (AvgIpc) is 3.80. The van der Waals surface area contributed by atoms with Crippen LogP contribution in [0.2, 0.25) is 0 Å². The summed E-state index contributed by atoms with van der Waals surface area (Å²) in [5.74, 6) is 0. The molecule has 11 aromatic rings.